The zero-order valence-corrected chi connectivity index (χ0v) is 16.1. The van der Waals surface area contributed by atoms with Crippen LogP contribution in [0.25, 0.3) is 0 Å². The van der Waals surface area contributed by atoms with Crippen molar-refractivity contribution < 1.29 is 23.1 Å². The van der Waals surface area contributed by atoms with Crippen molar-refractivity contribution in [3.8, 4) is 5.75 Å². The van der Waals surface area contributed by atoms with Gasteiger partial charge in [0.25, 0.3) is 0 Å². The number of rotatable bonds is 6. The van der Waals surface area contributed by atoms with Gasteiger partial charge in [0, 0.05) is 18.1 Å². The summed E-state index contributed by atoms with van der Waals surface area (Å²) in [5.41, 5.74) is 0.312. The molecule has 3 rings (SSSR count). The highest BCUT2D eigenvalue weighted by molar-refractivity contribution is 7.88. The zero-order chi connectivity index (χ0) is 19.4. The third-order valence-corrected chi connectivity index (χ3v) is 6.58. The quantitative estimate of drug-likeness (QED) is 0.790. The maximum Gasteiger partial charge on any atom is 0.335 e. The molecule has 6 nitrogen and oxygen atoms in total. The number of hydrogen-bond acceptors (Lipinski definition) is 4. The largest absolute Gasteiger partial charge is 0.490 e. The predicted molar refractivity (Wildman–Crippen MR) is 103 cm³/mol. The van der Waals surface area contributed by atoms with Crippen LogP contribution in [0.4, 0.5) is 0 Å². The van der Waals surface area contributed by atoms with E-state index >= 15 is 0 Å². The van der Waals surface area contributed by atoms with Gasteiger partial charge in [-0.15, -0.1) is 0 Å². The maximum absolute atomic E-state index is 12.7. The van der Waals surface area contributed by atoms with E-state index in [-0.39, 0.29) is 17.4 Å². The Labute approximate surface area is 163 Å². The zero-order valence-electron chi connectivity index (χ0n) is 14.5. The summed E-state index contributed by atoms with van der Waals surface area (Å²) < 4.78 is 32.7. The molecule has 2 aromatic rings. The number of piperidine rings is 1. The van der Waals surface area contributed by atoms with E-state index in [1.54, 1.807) is 36.4 Å². The van der Waals surface area contributed by atoms with Gasteiger partial charge in [-0.05, 0) is 48.7 Å². The van der Waals surface area contributed by atoms with Crippen molar-refractivity contribution in [1.82, 2.24) is 4.31 Å². The number of carbonyl (C=O) groups is 1. The number of sulfonamides is 1. The predicted octanol–water partition coefficient (Wildman–Crippen LogP) is 3.41. The van der Waals surface area contributed by atoms with E-state index in [9.17, 15) is 18.3 Å². The summed E-state index contributed by atoms with van der Waals surface area (Å²) in [6, 6.07) is 13.2. The number of aromatic carboxylic acids is 1. The van der Waals surface area contributed by atoms with Crippen molar-refractivity contribution in [2.24, 2.45) is 0 Å². The van der Waals surface area contributed by atoms with E-state index in [4.69, 9.17) is 16.3 Å². The smallest absolute Gasteiger partial charge is 0.335 e. The lowest BCUT2D eigenvalue weighted by molar-refractivity contribution is 0.0696. The van der Waals surface area contributed by atoms with Crippen LogP contribution >= 0.6 is 11.6 Å². The van der Waals surface area contributed by atoms with Crippen LogP contribution in [0, 0.1) is 0 Å². The molecule has 1 fully saturated rings. The number of carboxylic acid groups (broad SMARTS) is 1. The van der Waals surface area contributed by atoms with Crippen LogP contribution in [0.3, 0.4) is 0 Å². The minimum Gasteiger partial charge on any atom is -0.490 e. The van der Waals surface area contributed by atoms with Crippen molar-refractivity contribution in [3.63, 3.8) is 0 Å². The number of ether oxygens (including phenoxy) is 1. The van der Waals surface area contributed by atoms with Crippen molar-refractivity contribution in [2.45, 2.75) is 24.7 Å². The molecule has 1 saturated heterocycles. The fraction of sp³-hybridized carbons (Fsp3) is 0.316. The van der Waals surface area contributed by atoms with Crippen LogP contribution in [0.5, 0.6) is 5.75 Å². The number of halogens is 1. The summed E-state index contributed by atoms with van der Waals surface area (Å²) in [5.74, 6) is -0.745. The number of nitrogens with zero attached hydrogens (tertiary/aromatic N) is 1. The Hall–Kier alpha value is -2.09. The molecule has 0 aliphatic carbocycles. The second kappa shape index (κ2) is 8.29. The van der Waals surface area contributed by atoms with Crippen molar-refractivity contribution >= 4 is 27.6 Å². The maximum atomic E-state index is 12.7. The van der Waals surface area contributed by atoms with Gasteiger partial charge in [0.05, 0.1) is 11.3 Å². The molecule has 0 saturated carbocycles. The molecular weight excluding hydrogens is 390 g/mol. The van der Waals surface area contributed by atoms with Crippen LogP contribution in [0.15, 0.2) is 48.5 Å². The lowest BCUT2D eigenvalue weighted by Gasteiger charge is -2.31. The van der Waals surface area contributed by atoms with Crippen LogP contribution in [-0.2, 0) is 15.8 Å². The van der Waals surface area contributed by atoms with E-state index in [1.807, 2.05) is 0 Å². The Morgan fingerprint density at radius 2 is 1.74 bits per heavy atom. The molecule has 0 bridgehead atoms. The Morgan fingerprint density at radius 3 is 2.37 bits per heavy atom. The highest BCUT2D eigenvalue weighted by Crippen LogP contribution is 2.24. The van der Waals surface area contributed by atoms with Gasteiger partial charge < -0.3 is 9.84 Å². The monoisotopic (exact) mass is 409 g/mol. The van der Waals surface area contributed by atoms with E-state index in [0.29, 0.717) is 42.3 Å². The number of hydrogen-bond donors (Lipinski definition) is 1. The van der Waals surface area contributed by atoms with Gasteiger partial charge in [-0.1, -0.05) is 29.8 Å². The van der Waals surface area contributed by atoms with Crippen LogP contribution in [-0.4, -0.2) is 43.0 Å². The summed E-state index contributed by atoms with van der Waals surface area (Å²) in [6.07, 6.45) is 1.08. The second-order valence-corrected chi connectivity index (χ2v) is 8.79. The Kier molecular flexibility index (Phi) is 6.04. The third-order valence-electron chi connectivity index (χ3n) is 4.50. The summed E-state index contributed by atoms with van der Waals surface area (Å²) >= 11 is 5.86. The van der Waals surface area contributed by atoms with Crippen LogP contribution in [0.1, 0.15) is 28.8 Å². The average molecular weight is 410 g/mol. The molecule has 0 radical (unpaired) electrons. The lowest BCUT2D eigenvalue weighted by atomic mass is 10.1. The van der Waals surface area contributed by atoms with E-state index in [2.05, 4.69) is 0 Å². The van der Waals surface area contributed by atoms with Gasteiger partial charge in [-0.25, -0.2) is 17.5 Å². The number of benzene rings is 2. The molecule has 0 spiro atoms. The minimum absolute atomic E-state index is 0.0158. The molecule has 0 amide bonds. The second-order valence-electron chi connectivity index (χ2n) is 6.39. The molecule has 8 heteroatoms. The average Bonchev–Trinajstić information content (AvgIpc) is 2.64. The molecule has 2 aromatic carbocycles. The summed E-state index contributed by atoms with van der Waals surface area (Å²) in [6.45, 7) is 0.686. The van der Waals surface area contributed by atoms with Gasteiger partial charge in [0.2, 0.25) is 10.0 Å². The molecule has 0 atom stereocenters. The first kappa shape index (κ1) is 19.7. The van der Waals surface area contributed by atoms with E-state index < -0.39 is 16.0 Å². The highest BCUT2D eigenvalue weighted by atomic mass is 35.5. The van der Waals surface area contributed by atoms with Crippen molar-refractivity contribution in [3.05, 3.63) is 64.7 Å². The molecule has 144 valence electrons. The molecule has 0 unspecified atom stereocenters. The van der Waals surface area contributed by atoms with Crippen molar-refractivity contribution in [2.75, 3.05) is 13.1 Å². The van der Waals surface area contributed by atoms with Gasteiger partial charge in [0.1, 0.15) is 11.9 Å². The Balaban J connectivity index is 1.61. The first-order valence-electron chi connectivity index (χ1n) is 8.56. The lowest BCUT2D eigenvalue weighted by Crippen LogP contribution is -2.42. The Morgan fingerprint density at radius 1 is 1.11 bits per heavy atom. The molecule has 1 N–H and O–H groups in total. The first-order valence-corrected chi connectivity index (χ1v) is 10.5. The van der Waals surface area contributed by atoms with Gasteiger partial charge in [-0.2, -0.15) is 0 Å². The van der Waals surface area contributed by atoms with E-state index in [1.165, 1.54) is 16.4 Å². The number of carboxylic acids is 1. The molecule has 1 aliphatic rings. The standard InChI is InChI=1S/C19H20ClNO5S/c20-15-5-7-16(8-6-15)26-17-9-11-21(12-10-17)27(24,25)13-14-3-1-2-4-18(14)19(22)23/h1-8,17H,9-13H2,(H,22,23). The SMILES string of the molecule is O=C(O)c1ccccc1CS(=O)(=O)N1CCC(Oc2ccc(Cl)cc2)CC1. The molecular formula is C19H20ClNO5S. The fourth-order valence-electron chi connectivity index (χ4n) is 3.08. The molecule has 1 aliphatic heterocycles. The Bertz CT molecular complexity index is 906. The molecule has 0 aromatic heterocycles. The summed E-state index contributed by atoms with van der Waals surface area (Å²) in [7, 11) is -3.60. The van der Waals surface area contributed by atoms with Crippen LogP contribution in [0.2, 0.25) is 5.02 Å². The normalized spacial score (nSPS) is 16.2. The highest BCUT2D eigenvalue weighted by Gasteiger charge is 2.30. The molecule has 27 heavy (non-hydrogen) atoms. The fourth-order valence-corrected chi connectivity index (χ4v) is 4.80. The summed E-state index contributed by atoms with van der Waals surface area (Å²) in [4.78, 5) is 11.3. The molecule has 1 heterocycles. The topological polar surface area (TPSA) is 83.9 Å². The van der Waals surface area contributed by atoms with E-state index in [0.717, 1.165) is 0 Å². The van der Waals surface area contributed by atoms with Gasteiger partial charge in [0.15, 0.2) is 0 Å². The van der Waals surface area contributed by atoms with Crippen molar-refractivity contribution in [1.29, 1.82) is 0 Å². The first-order chi connectivity index (χ1) is 12.8. The summed E-state index contributed by atoms with van der Waals surface area (Å²) in [5, 5.41) is 9.86. The van der Waals surface area contributed by atoms with Crippen LogP contribution < -0.4 is 4.74 Å². The van der Waals surface area contributed by atoms with Gasteiger partial charge >= 0.3 is 5.97 Å². The van der Waals surface area contributed by atoms with Gasteiger partial charge in [-0.3, -0.25) is 0 Å². The third kappa shape index (κ3) is 5.00. The minimum atomic E-state index is -3.60.